The van der Waals surface area contributed by atoms with Crippen LogP contribution in [-0.2, 0) is 14.3 Å². The van der Waals surface area contributed by atoms with Gasteiger partial charge >= 0.3 is 5.97 Å². The van der Waals surface area contributed by atoms with Gasteiger partial charge in [0.05, 0.1) is 22.8 Å². The number of halogens is 1. The van der Waals surface area contributed by atoms with E-state index < -0.39 is 11.4 Å². The van der Waals surface area contributed by atoms with Gasteiger partial charge in [-0.25, -0.2) is 0 Å². The van der Waals surface area contributed by atoms with Crippen molar-refractivity contribution in [2.75, 3.05) is 32.1 Å². The molecule has 1 N–H and O–H groups in total. The third-order valence-electron chi connectivity index (χ3n) is 4.67. The Bertz CT molecular complexity index is 626. The summed E-state index contributed by atoms with van der Waals surface area (Å²) in [5, 5.41) is 10.2. The summed E-state index contributed by atoms with van der Waals surface area (Å²) in [6.07, 6.45) is 0.467. The van der Waals surface area contributed by atoms with Crippen molar-refractivity contribution < 1.29 is 19.4 Å². The number of thioether (sulfide) groups is 1. The lowest BCUT2D eigenvalue weighted by atomic mass is 9.74. The number of likely N-dealkylation sites (tertiary alicyclic amines) is 1. The first-order chi connectivity index (χ1) is 11.0. The van der Waals surface area contributed by atoms with Crippen LogP contribution >= 0.6 is 23.4 Å². The summed E-state index contributed by atoms with van der Waals surface area (Å²) in [4.78, 5) is 26.7. The van der Waals surface area contributed by atoms with E-state index >= 15 is 0 Å². The maximum Gasteiger partial charge on any atom is 0.311 e. The molecule has 2 heterocycles. The van der Waals surface area contributed by atoms with Crippen LogP contribution in [0, 0.1) is 11.3 Å². The molecule has 2 aliphatic rings. The third-order valence-corrected chi connectivity index (χ3v) is 6.17. The number of fused-ring (bicyclic) bond motifs is 1. The Morgan fingerprint density at radius 1 is 1.43 bits per heavy atom. The van der Waals surface area contributed by atoms with Gasteiger partial charge in [0.1, 0.15) is 0 Å². The number of benzene rings is 1. The van der Waals surface area contributed by atoms with E-state index in [9.17, 15) is 14.7 Å². The van der Waals surface area contributed by atoms with Crippen LogP contribution in [0.4, 0.5) is 0 Å². The van der Waals surface area contributed by atoms with Gasteiger partial charge in [-0.2, -0.15) is 0 Å². The van der Waals surface area contributed by atoms with Crippen molar-refractivity contribution >= 4 is 35.2 Å². The molecular formula is C16H18ClNO4S. The van der Waals surface area contributed by atoms with Crippen LogP contribution in [0.5, 0.6) is 0 Å². The predicted molar refractivity (Wildman–Crippen MR) is 87.8 cm³/mol. The second-order valence-electron chi connectivity index (χ2n) is 5.98. The van der Waals surface area contributed by atoms with Crippen molar-refractivity contribution in [3.63, 3.8) is 0 Å². The lowest BCUT2D eigenvalue weighted by molar-refractivity contribution is -0.157. The molecule has 1 aromatic rings. The van der Waals surface area contributed by atoms with Gasteiger partial charge in [0.2, 0.25) is 5.91 Å². The average molecular weight is 356 g/mol. The van der Waals surface area contributed by atoms with Crippen LogP contribution in [0.25, 0.3) is 0 Å². The second kappa shape index (κ2) is 6.71. The standard InChI is InChI=1S/C16H18ClNO4S/c17-12-3-1-2-4-13(12)23-9-14(19)18-7-11-8-22-6-5-16(11,10-18)15(20)21/h1-4,11H,5-10H2,(H,20,21)/t11-,16+/m0/s1. The SMILES string of the molecule is O=C(CSc1ccccc1Cl)N1C[C@H]2COCC[C@@]2(C(=O)O)C1. The van der Waals surface area contributed by atoms with Crippen molar-refractivity contribution in [3.05, 3.63) is 29.3 Å². The molecule has 2 atom stereocenters. The summed E-state index contributed by atoms with van der Waals surface area (Å²) < 4.78 is 5.41. The number of hydrogen-bond donors (Lipinski definition) is 1. The highest BCUT2D eigenvalue weighted by Crippen LogP contribution is 2.42. The van der Waals surface area contributed by atoms with E-state index in [0.29, 0.717) is 31.2 Å². The zero-order chi connectivity index (χ0) is 16.4. The molecule has 2 saturated heterocycles. The van der Waals surface area contributed by atoms with Crippen LogP contribution in [0.2, 0.25) is 5.02 Å². The zero-order valence-corrected chi connectivity index (χ0v) is 14.1. The molecule has 1 amide bonds. The van der Waals surface area contributed by atoms with Crippen LogP contribution in [0.15, 0.2) is 29.2 Å². The number of aliphatic carboxylic acids is 1. The monoisotopic (exact) mass is 355 g/mol. The van der Waals surface area contributed by atoms with Gasteiger partial charge in [0.15, 0.2) is 0 Å². The molecule has 2 fully saturated rings. The number of carbonyl (C=O) groups excluding carboxylic acids is 1. The van der Waals surface area contributed by atoms with E-state index in [-0.39, 0.29) is 24.1 Å². The fourth-order valence-electron chi connectivity index (χ4n) is 3.28. The molecular weight excluding hydrogens is 338 g/mol. The molecule has 0 aliphatic carbocycles. The molecule has 0 spiro atoms. The van der Waals surface area contributed by atoms with Crippen molar-refractivity contribution in [1.82, 2.24) is 4.90 Å². The Hall–Kier alpha value is -1.24. The first-order valence-corrected chi connectivity index (χ1v) is 8.85. The van der Waals surface area contributed by atoms with E-state index in [1.807, 2.05) is 18.2 Å². The Kier molecular flexibility index (Phi) is 4.85. The summed E-state index contributed by atoms with van der Waals surface area (Å²) in [5.74, 6) is -0.736. The minimum atomic E-state index is -0.844. The number of nitrogens with zero attached hydrogens (tertiary/aromatic N) is 1. The van der Waals surface area contributed by atoms with Crippen molar-refractivity contribution in [1.29, 1.82) is 0 Å². The Labute approximate surface area is 143 Å². The smallest absolute Gasteiger partial charge is 0.311 e. The lowest BCUT2D eigenvalue weighted by Crippen LogP contribution is -2.45. The summed E-state index contributed by atoms with van der Waals surface area (Å²) >= 11 is 7.47. The molecule has 0 unspecified atom stereocenters. The van der Waals surface area contributed by atoms with E-state index in [4.69, 9.17) is 16.3 Å². The number of ether oxygens (including phenoxy) is 1. The minimum absolute atomic E-state index is 0.0510. The molecule has 0 saturated carbocycles. The Balaban J connectivity index is 1.65. The zero-order valence-electron chi connectivity index (χ0n) is 12.5. The molecule has 0 aromatic heterocycles. The molecule has 0 bridgehead atoms. The van der Waals surface area contributed by atoms with Crippen molar-refractivity contribution in [2.45, 2.75) is 11.3 Å². The molecule has 5 nitrogen and oxygen atoms in total. The van der Waals surface area contributed by atoms with Crippen LogP contribution in [0.1, 0.15) is 6.42 Å². The number of amides is 1. The maximum absolute atomic E-state index is 12.5. The molecule has 23 heavy (non-hydrogen) atoms. The third kappa shape index (κ3) is 3.20. The van der Waals surface area contributed by atoms with E-state index in [2.05, 4.69) is 0 Å². The first-order valence-electron chi connectivity index (χ1n) is 7.49. The predicted octanol–water partition coefficient (Wildman–Crippen LogP) is 2.38. The largest absolute Gasteiger partial charge is 0.481 e. The topological polar surface area (TPSA) is 66.8 Å². The molecule has 1 aromatic carbocycles. The van der Waals surface area contributed by atoms with Gasteiger partial charge < -0.3 is 14.7 Å². The van der Waals surface area contributed by atoms with Gasteiger partial charge in [0, 0.05) is 30.5 Å². The normalized spacial score (nSPS) is 26.8. The lowest BCUT2D eigenvalue weighted by Gasteiger charge is -2.33. The van der Waals surface area contributed by atoms with E-state index in [1.165, 1.54) is 11.8 Å². The highest BCUT2D eigenvalue weighted by atomic mass is 35.5. The number of carboxylic acid groups (broad SMARTS) is 1. The van der Waals surface area contributed by atoms with Crippen LogP contribution < -0.4 is 0 Å². The molecule has 7 heteroatoms. The van der Waals surface area contributed by atoms with Gasteiger partial charge in [-0.15, -0.1) is 11.8 Å². The fourth-order valence-corrected chi connectivity index (χ4v) is 4.42. The van der Waals surface area contributed by atoms with Gasteiger partial charge in [-0.3, -0.25) is 9.59 Å². The molecule has 124 valence electrons. The highest BCUT2D eigenvalue weighted by Gasteiger charge is 2.54. The number of hydrogen-bond acceptors (Lipinski definition) is 4. The van der Waals surface area contributed by atoms with Crippen molar-refractivity contribution in [2.24, 2.45) is 11.3 Å². The Morgan fingerprint density at radius 3 is 2.91 bits per heavy atom. The van der Waals surface area contributed by atoms with Gasteiger partial charge in [-0.1, -0.05) is 23.7 Å². The quantitative estimate of drug-likeness (QED) is 0.840. The van der Waals surface area contributed by atoms with Gasteiger partial charge in [0.25, 0.3) is 0 Å². The second-order valence-corrected chi connectivity index (χ2v) is 7.40. The minimum Gasteiger partial charge on any atom is -0.481 e. The average Bonchev–Trinajstić information content (AvgIpc) is 2.95. The maximum atomic E-state index is 12.5. The highest BCUT2D eigenvalue weighted by molar-refractivity contribution is 8.00. The fraction of sp³-hybridized carbons (Fsp3) is 0.500. The Morgan fingerprint density at radius 2 is 2.22 bits per heavy atom. The molecule has 3 rings (SSSR count). The van der Waals surface area contributed by atoms with E-state index in [0.717, 1.165) is 4.90 Å². The van der Waals surface area contributed by atoms with Gasteiger partial charge in [-0.05, 0) is 18.6 Å². The summed E-state index contributed by atoms with van der Waals surface area (Å²) in [5.41, 5.74) is -0.844. The van der Waals surface area contributed by atoms with E-state index in [1.54, 1.807) is 11.0 Å². The summed E-state index contributed by atoms with van der Waals surface area (Å²) in [6.45, 7) is 1.58. The van der Waals surface area contributed by atoms with Crippen molar-refractivity contribution in [3.8, 4) is 0 Å². The number of carboxylic acids is 1. The number of rotatable bonds is 4. The number of carbonyl (C=O) groups is 2. The molecule has 2 aliphatic heterocycles. The molecule has 0 radical (unpaired) electrons. The van der Waals surface area contributed by atoms with Crippen LogP contribution in [0.3, 0.4) is 0 Å². The summed E-state index contributed by atoms with van der Waals surface area (Å²) in [6, 6.07) is 7.38. The van der Waals surface area contributed by atoms with Crippen LogP contribution in [-0.4, -0.2) is 53.9 Å². The summed E-state index contributed by atoms with van der Waals surface area (Å²) in [7, 11) is 0. The first kappa shape index (κ1) is 16.6.